The molecule has 1 aromatic heterocycles. The SMILES string of the molecule is O=c1[nH]c2ccccc2cc1CCCCl. The van der Waals surface area contributed by atoms with Crippen molar-refractivity contribution in [3.05, 3.63) is 46.2 Å². The third kappa shape index (κ3) is 2.21. The van der Waals surface area contributed by atoms with Crippen LogP contribution >= 0.6 is 11.6 Å². The molecule has 0 saturated heterocycles. The van der Waals surface area contributed by atoms with Crippen molar-refractivity contribution in [1.82, 2.24) is 4.98 Å². The smallest absolute Gasteiger partial charge is 0.251 e. The summed E-state index contributed by atoms with van der Waals surface area (Å²) in [6.45, 7) is 0. The lowest BCUT2D eigenvalue weighted by Crippen LogP contribution is -2.12. The van der Waals surface area contributed by atoms with Gasteiger partial charge in [-0.2, -0.15) is 0 Å². The number of alkyl halides is 1. The fraction of sp³-hybridized carbons (Fsp3) is 0.250. The first-order valence-electron chi connectivity index (χ1n) is 4.98. The highest BCUT2D eigenvalue weighted by molar-refractivity contribution is 6.17. The van der Waals surface area contributed by atoms with Crippen molar-refractivity contribution in [2.24, 2.45) is 0 Å². The van der Waals surface area contributed by atoms with Crippen molar-refractivity contribution >= 4 is 22.5 Å². The van der Waals surface area contributed by atoms with Gasteiger partial charge in [0.1, 0.15) is 0 Å². The number of aromatic amines is 1. The number of nitrogens with one attached hydrogen (secondary N) is 1. The first-order valence-corrected chi connectivity index (χ1v) is 5.51. The van der Waals surface area contributed by atoms with E-state index in [0.717, 1.165) is 29.3 Å². The number of hydrogen-bond donors (Lipinski definition) is 1. The number of aromatic nitrogens is 1. The van der Waals surface area contributed by atoms with E-state index in [4.69, 9.17) is 11.6 Å². The molecule has 0 aliphatic rings. The molecule has 2 rings (SSSR count). The first kappa shape index (κ1) is 10.2. The normalized spacial score (nSPS) is 10.7. The number of rotatable bonds is 3. The summed E-state index contributed by atoms with van der Waals surface area (Å²) in [5.74, 6) is 0.590. The molecule has 1 aromatic carbocycles. The minimum Gasteiger partial charge on any atom is -0.322 e. The fourth-order valence-corrected chi connectivity index (χ4v) is 1.77. The van der Waals surface area contributed by atoms with Crippen LogP contribution in [0.5, 0.6) is 0 Å². The molecule has 0 radical (unpaired) electrons. The number of fused-ring (bicyclic) bond motifs is 1. The molecule has 0 fully saturated rings. The van der Waals surface area contributed by atoms with E-state index in [-0.39, 0.29) is 5.56 Å². The van der Waals surface area contributed by atoms with Crippen LogP contribution in [0.2, 0.25) is 0 Å². The van der Waals surface area contributed by atoms with Crippen LogP contribution in [0.1, 0.15) is 12.0 Å². The van der Waals surface area contributed by atoms with Crippen LogP contribution in [0, 0.1) is 0 Å². The summed E-state index contributed by atoms with van der Waals surface area (Å²) in [5.41, 5.74) is 1.70. The molecule has 2 aromatic rings. The third-order valence-electron chi connectivity index (χ3n) is 2.41. The number of H-pyrrole nitrogens is 1. The van der Waals surface area contributed by atoms with Gasteiger partial charge in [-0.05, 0) is 30.4 Å². The quantitative estimate of drug-likeness (QED) is 0.795. The zero-order chi connectivity index (χ0) is 10.7. The molecule has 0 aliphatic heterocycles. The van der Waals surface area contributed by atoms with Crippen molar-refractivity contribution in [3.63, 3.8) is 0 Å². The Kier molecular flexibility index (Phi) is 3.07. The van der Waals surface area contributed by atoms with Gasteiger partial charge in [0.15, 0.2) is 0 Å². The number of benzene rings is 1. The van der Waals surface area contributed by atoms with Crippen LogP contribution < -0.4 is 5.56 Å². The average Bonchev–Trinajstić information content (AvgIpc) is 2.26. The van der Waals surface area contributed by atoms with E-state index < -0.39 is 0 Å². The molecular formula is C12H12ClNO. The van der Waals surface area contributed by atoms with Gasteiger partial charge >= 0.3 is 0 Å². The van der Waals surface area contributed by atoms with Crippen LogP contribution in [-0.2, 0) is 6.42 Å². The largest absolute Gasteiger partial charge is 0.322 e. The minimum absolute atomic E-state index is 0.00110. The van der Waals surface area contributed by atoms with Crippen molar-refractivity contribution in [2.45, 2.75) is 12.8 Å². The highest BCUT2D eigenvalue weighted by Gasteiger charge is 2.01. The van der Waals surface area contributed by atoms with Crippen LogP contribution in [-0.4, -0.2) is 10.9 Å². The Balaban J connectivity index is 2.48. The summed E-state index contributed by atoms with van der Waals surface area (Å²) in [6, 6.07) is 9.72. The molecule has 2 nitrogen and oxygen atoms in total. The summed E-state index contributed by atoms with van der Waals surface area (Å²) in [4.78, 5) is 14.5. The Hall–Kier alpha value is -1.28. The molecule has 0 amide bonds. The van der Waals surface area contributed by atoms with E-state index >= 15 is 0 Å². The molecule has 0 bridgehead atoms. The van der Waals surface area contributed by atoms with Crippen molar-refractivity contribution in [1.29, 1.82) is 0 Å². The Morgan fingerprint density at radius 2 is 2.07 bits per heavy atom. The fourth-order valence-electron chi connectivity index (χ4n) is 1.64. The van der Waals surface area contributed by atoms with Crippen LogP contribution in [0.3, 0.4) is 0 Å². The Bertz CT molecular complexity index is 518. The maximum Gasteiger partial charge on any atom is 0.251 e. The molecule has 0 saturated carbocycles. The Morgan fingerprint density at radius 1 is 1.27 bits per heavy atom. The second-order valence-electron chi connectivity index (χ2n) is 3.50. The van der Waals surface area contributed by atoms with Gasteiger partial charge in [-0.3, -0.25) is 4.79 Å². The van der Waals surface area contributed by atoms with Gasteiger partial charge in [-0.1, -0.05) is 18.2 Å². The molecule has 0 atom stereocenters. The molecule has 0 unspecified atom stereocenters. The van der Waals surface area contributed by atoms with E-state index in [1.807, 2.05) is 30.3 Å². The molecule has 78 valence electrons. The Morgan fingerprint density at radius 3 is 2.87 bits per heavy atom. The Labute approximate surface area is 92.9 Å². The summed E-state index contributed by atoms with van der Waals surface area (Å²) in [7, 11) is 0. The second-order valence-corrected chi connectivity index (χ2v) is 3.88. The van der Waals surface area contributed by atoms with Crippen molar-refractivity contribution in [3.8, 4) is 0 Å². The molecule has 1 N–H and O–H groups in total. The zero-order valence-electron chi connectivity index (χ0n) is 8.29. The number of aryl methyl sites for hydroxylation is 1. The van der Waals surface area contributed by atoms with E-state index in [2.05, 4.69) is 4.98 Å². The standard InChI is InChI=1S/C12H12ClNO/c13-7-3-5-10-8-9-4-1-2-6-11(9)14-12(10)15/h1-2,4,6,8H,3,5,7H2,(H,14,15). The molecule has 3 heteroatoms. The average molecular weight is 222 g/mol. The van der Waals surface area contributed by atoms with Gasteiger partial charge in [-0.15, -0.1) is 11.6 Å². The molecular weight excluding hydrogens is 210 g/mol. The number of pyridine rings is 1. The maximum absolute atomic E-state index is 11.6. The topological polar surface area (TPSA) is 32.9 Å². The summed E-state index contributed by atoms with van der Waals surface area (Å²) in [6.07, 6.45) is 1.58. The molecule has 0 spiro atoms. The highest BCUT2D eigenvalue weighted by Crippen LogP contribution is 2.10. The summed E-state index contributed by atoms with van der Waals surface area (Å²) < 4.78 is 0. The number of hydrogen-bond acceptors (Lipinski definition) is 1. The first-order chi connectivity index (χ1) is 7.31. The predicted octanol–water partition coefficient (Wildman–Crippen LogP) is 2.70. The van der Waals surface area contributed by atoms with Gasteiger partial charge in [-0.25, -0.2) is 0 Å². The molecule has 0 aliphatic carbocycles. The molecule has 15 heavy (non-hydrogen) atoms. The van der Waals surface area contributed by atoms with Gasteiger partial charge in [0.2, 0.25) is 0 Å². The van der Waals surface area contributed by atoms with Crippen LogP contribution in [0.4, 0.5) is 0 Å². The predicted molar refractivity (Wildman–Crippen MR) is 63.6 cm³/mol. The van der Waals surface area contributed by atoms with E-state index in [9.17, 15) is 4.79 Å². The summed E-state index contributed by atoms with van der Waals surface area (Å²) >= 11 is 5.61. The van der Waals surface area contributed by atoms with Gasteiger partial charge < -0.3 is 4.98 Å². The highest BCUT2D eigenvalue weighted by atomic mass is 35.5. The minimum atomic E-state index is -0.00110. The second kappa shape index (κ2) is 4.49. The van der Waals surface area contributed by atoms with E-state index in [0.29, 0.717) is 5.88 Å². The molecule has 1 heterocycles. The third-order valence-corrected chi connectivity index (χ3v) is 2.68. The lowest BCUT2D eigenvalue weighted by Gasteiger charge is -2.01. The monoisotopic (exact) mass is 221 g/mol. The maximum atomic E-state index is 11.6. The van der Waals surface area contributed by atoms with Crippen molar-refractivity contribution < 1.29 is 0 Å². The number of para-hydroxylation sites is 1. The van der Waals surface area contributed by atoms with Gasteiger partial charge in [0, 0.05) is 17.0 Å². The van der Waals surface area contributed by atoms with Gasteiger partial charge in [0.05, 0.1) is 0 Å². The van der Waals surface area contributed by atoms with Gasteiger partial charge in [0.25, 0.3) is 5.56 Å². The summed E-state index contributed by atoms with van der Waals surface area (Å²) in [5, 5.41) is 1.07. The van der Waals surface area contributed by atoms with E-state index in [1.54, 1.807) is 0 Å². The lowest BCUT2D eigenvalue weighted by molar-refractivity contribution is 0.912. The van der Waals surface area contributed by atoms with Crippen LogP contribution in [0.25, 0.3) is 10.9 Å². The zero-order valence-corrected chi connectivity index (χ0v) is 9.05. The van der Waals surface area contributed by atoms with Crippen LogP contribution in [0.15, 0.2) is 35.1 Å². The van der Waals surface area contributed by atoms with E-state index in [1.165, 1.54) is 0 Å². The van der Waals surface area contributed by atoms with Crippen molar-refractivity contribution in [2.75, 3.05) is 5.88 Å². The lowest BCUT2D eigenvalue weighted by atomic mass is 10.1. The number of halogens is 1.